The van der Waals surface area contributed by atoms with Crippen LogP contribution in [0.25, 0.3) is 11.0 Å². The maximum Gasteiger partial charge on any atom is 0.261 e. The molecule has 1 aliphatic heterocycles. The number of aryl methyl sites for hydroxylation is 1. The number of imidazole rings is 1. The number of aromatic nitrogens is 2. The second-order valence-corrected chi connectivity index (χ2v) is 6.86. The molecule has 0 spiro atoms. The second-order valence-electron chi connectivity index (χ2n) is 5.72. The molecule has 3 N–H and O–H groups in total. The number of aromatic amines is 1. The Hall–Kier alpha value is -2.18. The molecule has 0 atom stereocenters. The summed E-state index contributed by atoms with van der Waals surface area (Å²) in [5.74, 6) is 0.753. The minimum atomic E-state index is -0.0245. The molecule has 6 heteroatoms. The van der Waals surface area contributed by atoms with Crippen LogP contribution in [0.1, 0.15) is 32.4 Å². The number of hydrogen-bond acceptors (Lipinski definition) is 4. The highest BCUT2D eigenvalue weighted by molar-refractivity contribution is 7.14. The molecular weight excluding hydrogens is 308 g/mol. The van der Waals surface area contributed by atoms with Crippen molar-refractivity contribution in [3.05, 3.63) is 51.5 Å². The fourth-order valence-corrected chi connectivity index (χ4v) is 4.02. The molecule has 3 heterocycles. The molecule has 0 fully saturated rings. The number of thiophene rings is 1. The number of benzene rings is 1. The summed E-state index contributed by atoms with van der Waals surface area (Å²) >= 11 is 1.61. The Morgan fingerprint density at radius 3 is 3.17 bits per heavy atom. The average Bonchev–Trinajstić information content (AvgIpc) is 3.10. The smallest absolute Gasteiger partial charge is 0.261 e. The van der Waals surface area contributed by atoms with Gasteiger partial charge in [0.15, 0.2) is 0 Å². The maximum atomic E-state index is 12.4. The molecule has 23 heavy (non-hydrogen) atoms. The highest BCUT2D eigenvalue weighted by Crippen LogP contribution is 2.25. The Balaban J connectivity index is 1.45. The van der Waals surface area contributed by atoms with Crippen LogP contribution in [-0.2, 0) is 19.5 Å². The predicted molar refractivity (Wildman–Crippen MR) is 91.6 cm³/mol. The summed E-state index contributed by atoms with van der Waals surface area (Å²) in [6.45, 7) is 2.33. The average molecular weight is 326 g/mol. The van der Waals surface area contributed by atoms with Gasteiger partial charge in [0.2, 0.25) is 0 Å². The summed E-state index contributed by atoms with van der Waals surface area (Å²) in [5, 5.41) is 6.35. The van der Waals surface area contributed by atoms with Gasteiger partial charge in [0, 0.05) is 11.4 Å². The molecule has 0 radical (unpaired) electrons. The van der Waals surface area contributed by atoms with Crippen LogP contribution < -0.4 is 10.6 Å². The number of carbonyl (C=O) groups is 1. The van der Waals surface area contributed by atoms with E-state index in [-0.39, 0.29) is 5.91 Å². The van der Waals surface area contributed by atoms with Crippen LogP contribution in [0, 0.1) is 0 Å². The largest absolute Gasteiger partial charge is 0.344 e. The van der Waals surface area contributed by atoms with Crippen molar-refractivity contribution in [3.8, 4) is 0 Å². The Kier molecular flexibility index (Phi) is 3.85. The molecule has 5 nitrogen and oxygen atoms in total. The minimum Gasteiger partial charge on any atom is -0.344 e. The molecule has 0 bridgehead atoms. The van der Waals surface area contributed by atoms with Gasteiger partial charge in [0.05, 0.1) is 22.5 Å². The molecule has 0 aliphatic carbocycles. The quantitative estimate of drug-likeness (QED) is 0.693. The molecule has 0 unspecified atom stereocenters. The lowest BCUT2D eigenvalue weighted by atomic mass is 10.2. The first-order valence-electron chi connectivity index (χ1n) is 7.84. The maximum absolute atomic E-state index is 12.4. The summed E-state index contributed by atoms with van der Waals surface area (Å²) in [4.78, 5) is 22.2. The molecule has 1 amide bonds. The predicted octanol–water partition coefficient (Wildman–Crippen LogP) is 2.59. The topological polar surface area (TPSA) is 69.8 Å². The molecule has 118 valence electrons. The van der Waals surface area contributed by atoms with Gasteiger partial charge >= 0.3 is 0 Å². The number of rotatable bonds is 3. The number of amides is 1. The van der Waals surface area contributed by atoms with Crippen LogP contribution in [-0.4, -0.2) is 22.4 Å². The van der Waals surface area contributed by atoms with Crippen LogP contribution in [0.3, 0.4) is 0 Å². The van der Waals surface area contributed by atoms with Crippen molar-refractivity contribution in [1.29, 1.82) is 0 Å². The molecule has 0 saturated heterocycles. The lowest BCUT2D eigenvalue weighted by molar-refractivity contribution is 0.0954. The van der Waals surface area contributed by atoms with Gasteiger partial charge in [-0.25, -0.2) is 4.98 Å². The molecule has 2 aromatic heterocycles. The number of hydrogen-bond donors (Lipinski definition) is 3. The van der Waals surface area contributed by atoms with E-state index in [1.807, 2.05) is 30.3 Å². The van der Waals surface area contributed by atoms with E-state index in [0.29, 0.717) is 6.54 Å². The Bertz CT molecular complexity index is 795. The van der Waals surface area contributed by atoms with Gasteiger partial charge in [-0.3, -0.25) is 4.79 Å². The van der Waals surface area contributed by atoms with E-state index in [2.05, 4.69) is 20.6 Å². The molecule has 0 saturated carbocycles. The van der Waals surface area contributed by atoms with Crippen molar-refractivity contribution < 1.29 is 4.79 Å². The van der Waals surface area contributed by atoms with Crippen LogP contribution in [0.4, 0.5) is 0 Å². The van der Waals surface area contributed by atoms with Crippen molar-refractivity contribution in [1.82, 2.24) is 20.6 Å². The number of nitrogens with zero attached hydrogens (tertiary/aromatic N) is 1. The zero-order valence-corrected chi connectivity index (χ0v) is 13.5. The lowest BCUT2D eigenvalue weighted by Crippen LogP contribution is -2.22. The van der Waals surface area contributed by atoms with E-state index < -0.39 is 0 Å². The summed E-state index contributed by atoms with van der Waals surface area (Å²) in [5.41, 5.74) is 3.18. The number of H-pyrrole nitrogens is 1. The zero-order valence-electron chi connectivity index (χ0n) is 12.7. The Morgan fingerprint density at radius 1 is 1.35 bits per heavy atom. The molecule has 4 rings (SSSR count). The van der Waals surface area contributed by atoms with Gasteiger partial charge < -0.3 is 15.6 Å². The highest BCUT2D eigenvalue weighted by Gasteiger charge is 2.16. The van der Waals surface area contributed by atoms with E-state index in [0.717, 1.165) is 47.7 Å². The summed E-state index contributed by atoms with van der Waals surface area (Å²) in [6.07, 6.45) is 2.19. The third-order valence-corrected chi connectivity index (χ3v) is 5.28. The SMILES string of the molecule is O=C(NCc1nc2ccccc2[nH]1)c1cc2c(s1)CCCNC2. The number of carbonyl (C=O) groups excluding carboxylic acids is 1. The fourth-order valence-electron chi connectivity index (χ4n) is 2.88. The third-order valence-electron chi connectivity index (χ3n) is 4.05. The van der Waals surface area contributed by atoms with E-state index in [9.17, 15) is 4.79 Å². The van der Waals surface area contributed by atoms with E-state index in [1.165, 1.54) is 10.4 Å². The van der Waals surface area contributed by atoms with Crippen molar-refractivity contribution >= 4 is 28.3 Å². The van der Waals surface area contributed by atoms with Gasteiger partial charge in [0.25, 0.3) is 5.91 Å². The van der Waals surface area contributed by atoms with Gasteiger partial charge in [-0.05, 0) is 43.1 Å². The summed E-state index contributed by atoms with van der Waals surface area (Å²) in [7, 11) is 0. The Morgan fingerprint density at radius 2 is 2.26 bits per heavy atom. The molecule has 3 aromatic rings. The first-order valence-corrected chi connectivity index (χ1v) is 8.65. The van der Waals surface area contributed by atoms with Gasteiger partial charge in [-0.1, -0.05) is 12.1 Å². The van der Waals surface area contributed by atoms with Gasteiger partial charge in [-0.15, -0.1) is 11.3 Å². The zero-order chi connectivity index (χ0) is 15.6. The summed E-state index contributed by atoms with van der Waals surface area (Å²) < 4.78 is 0. The van der Waals surface area contributed by atoms with Crippen LogP contribution in [0.5, 0.6) is 0 Å². The van der Waals surface area contributed by atoms with Gasteiger partial charge in [-0.2, -0.15) is 0 Å². The number of fused-ring (bicyclic) bond motifs is 2. The number of para-hydroxylation sites is 2. The first kappa shape index (κ1) is 14.4. The minimum absolute atomic E-state index is 0.0245. The molecule has 1 aromatic carbocycles. The third kappa shape index (κ3) is 3.00. The van der Waals surface area contributed by atoms with Crippen LogP contribution in [0.2, 0.25) is 0 Å². The second kappa shape index (κ2) is 6.14. The van der Waals surface area contributed by atoms with E-state index in [4.69, 9.17) is 0 Å². The van der Waals surface area contributed by atoms with Crippen LogP contribution >= 0.6 is 11.3 Å². The fraction of sp³-hybridized carbons (Fsp3) is 0.294. The number of nitrogens with one attached hydrogen (secondary N) is 3. The Labute approximate surface area is 138 Å². The molecule has 1 aliphatic rings. The highest BCUT2D eigenvalue weighted by atomic mass is 32.1. The van der Waals surface area contributed by atoms with Crippen molar-refractivity contribution in [2.45, 2.75) is 25.9 Å². The standard InChI is InChI=1S/C17H18N4OS/c22-17(15-8-11-9-18-7-3-6-14(11)23-15)19-10-16-20-12-4-1-2-5-13(12)21-16/h1-2,4-5,8,18H,3,6-7,9-10H2,(H,19,22)(H,20,21). The van der Waals surface area contributed by atoms with E-state index in [1.54, 1.807) is 11.3 Å². The van der Waals surface area contributed by atoms with Gasteiger partial charge in [0.1, 0.15) is 5.82 Å². The van der Waals surface area contributed by atoms with E-state index >= 15 is 0 Å². The lowest BCUT2D eigenvalue weighted by Gasteiger charge is -2.01. The first-order chi connectivity index (χ1) is 11.3. The van der Waals surface area contributed by atoms with Crippen LogP contribution in [0.15, 0.2) is 30.3 Å². The van der Waals surface area contributed by atoms with Crippen molar-refractivity contribution in [2.24, 2.45) is 0 Å². The van der Waals surface area contributed by atoms with Crippen molar-refractivity contribution in [3.63, 3.8) is 0 Å². The van der Waals surface area contributed by atoms with Crippen molar-refractivity contribution in [2.75, 3.05) is 6.54 Å². The molecular formula is C17H18N4OS. The monoisotopic (exact) mass is 326 g/mol. The normalized spacial score (nSPS) is 14.4. The summed E-state index contributed by atoms with van der Waals surface area (Å²) in [6, 6.07) is 9.89.